The SMILES string of the molecule is CC(C)N(C)CC=CC=O. The van der Waals surface area contributed by atoms with Crippen molar-refractivity contribution in [2.75, 3.05) is 13.6 Å². The maximum Gasteiger partial charge on any atom is 0.142 e. The van der Waals surface area contributed by atoms with Gasteiger partial charge in [0, 0.05) is 12.6 Å². The van der Waals surface area contributed by atoms with Gasteiger partial charge in [0.15, 0.2) is 0 Å². The molecule has 0 fully saturated rings. The lowest BCUT2D eigenvalue weighted by Crippen LogP contribution is -2.26. The van der Waals surface area contributed by atoms with E-state index in [1.165, 1.54) is 6.08 Å². The van der Waals surface area contributed by atoms with Crippen LogP contribution in [0.2, 0.25) is 0 Å². The van der Waals surface area contributed by atoms with Crippen LogP contribution < -0.4 is 0 Å². The predicted molar refractivity (Wildman–Crippen MR) is 43.0 cm³/mol. The number of aldehydes is 1. The van der Waals surface area contributed by atoms with Crippen LogP contribution in [0, 0.1) is 0 Å². The van der Waals surface area contributed by atoms with Crippen molar-refractivity contribution < 1.29 is 4.79 Å². The van der Waals surface area contributed by atoms with E-state index < -0.39 is 0 Å². The maximum absolute atomic E-state index is 9.85. The Morgan fingerprint density at radius 3 is 2.50 bits per heavy atom. The summed E-state index contributed by atoms with van der Waals surface area (Å²) < 4.78 is 0. The fraction of sp³-hybridized carbons (Fsp3) is 0.625. The summed E-state index contributed by atoms with van der Waals surface area (Å²) in [6, 6.07) is 0.538. The van der Waals surface area contributed by atoms with Crippen molar-refractivity contribution in [1.29, 1.82) is 0 Å². The second-order valence-electron chi connectivity index (χ2n) is 2.60. The van der Waals surface area contributed by atoms with Gasteiger partial charge in [0.25, 0.3) is 0 Å². The molecule has 0 spiro atoms. The number of rotatable bonds is 4. The highest BCUT2D eigenvalue weighted by atomic mass is 16.1. The lowest BCUT2D eigenvalue weighted by atomic mass is 10.3. The third-order valence-electron chi connectivity index (χ3n) is 1.49. The standard InChI is InChI=1S/C8H15NO/c1-8(2)9(3)6-4-5-7-10/h4-5,7-8H,6H2,1-3H3. The van der Waals surface area contributed by atoms with Crippen LogP contribution in [0.3, 0.4) is 0 Å². The van der Waals surface area contributed by atoms with Crippen molar-refractivity contribution in [3.05, 3.63) is 12.2 Å². The van der Waals surface area contributed by atoms with Crippen molar-refractivity contribution in [1.82, 2.24) is 4.90 Å². The smallest absolute Gasteiger partial charge is 0.142 e. The van der Waals surface area contributed by atoms with E-state index >= 15 is 0 Å². The lowest BCUT2D eigenvalue weighted by Gasteiger charge is -2.18. The second-order valence-corrected chi connectivity index (χ2v) is 2.60. The third kappa shape index (κ3) is 4.27. The predicted octanol–water partition coefficient (Wildman–Crippen LogP) is 1.08. The summed E-state index contributed by atoms with van der Waals surface area (Å²) in [5.41, 5.74) is 0. The van der Waals surface area contributed by atoms with Crippen LogP contribution in [-0.4, -0.2) is 30.8 Å². The Kier molecular flexibility index (Phi) is 4.85. The number of nitrogens with zero attached hydrogens (tertiary/aromatic N) is 1. The minimum absolute atomic E-state index is 0.538. The molecule has 0 saturated carbocycles. The summed E-state index contributed by atoms with van der Waals surface area (Å²) in [4.78, 5) is 12.0. The van der Waals surface area contributed by atoms with Gasteiger partial charge in [-0.3, -0.25) is 4.79 Å². The fourth-order valence-electron chi connectivity index (χ4n) is 0.493. The first-order chi connectivity index (χ1) is 4.68. The van der Waals surface area contributed by atoms with E-state index in [4.69, 9.17) is 0 Å². The molecule has 0 bridgehead atoms. The van der Waals surface area contributed by atoms with Gasteiger partial charge in [-0.1, -0.05) is 6.08 Å². The quantitative estimate of drug-likeness (QED) is 0.431. The maximum atomic E-state index is 9.85. The Bertz CT molecular complexity index is 118. The van der Waals surface area contributed by atoms with E-state index in [0.717, 1.165) is 12.8 Å². The van der Waals surface area contributed by atoms with Gasteiger partial charge in [-0.25, -0.2) is 0 Å². The molecule has 0 aliphatic heterocycles. The molecular weight excluding hydrogens is 126 g/mol. The molecule has 2 nitrogen and oxygen atoms in total. The Balaban J connectivity index is 3.48. The molecule has 0 rings (SSSR count). The van der Waals surface area contributed by atoms with Gasteiger partial charge in [0.1, 0.15) is 6.29 Å². The Morgan fingerprint density at radius 2 is 2.10 bits per heavy atom. The van der Waals surface area contributed by atoms with E-state index in [2.05, 4.69) is 18.7 Å². The molecule has 0 radical (unpaired) electrons. The Labute approximate surface area is 62.5 Å². The average Bonchev–Trinajstić information content (AvgIpc) is 1.88. The summed E-state index contributed by atoms with van der Waals surface area (Å²) in [5.74, 6) is 0. The zero-order valence-electron chi connectivity index (χ0n) is 6.87. The van der Waals surface area contributed by atoms with E-state index in [0.29, 0.717) is 6.04 Å². The molecule has 0 aliphatic carbocycles. The second kappa shape index (κ2) is 5.18. The average molecular weight is 141 g/mol. The number of likely N-dealkylation sites (N-methyl/N-ethyl adjacent to an activating group) is 1. The topological polar surface area (TPSA) is 20.3 Å². The van der Waals surface area contributed by atoms with E-state index in [9.17, 15) is 4.79 Å². The Morgan fingerprint density at radius 1 is 1.50 bits per heavy atom. The van der Waals surface area contributed by atoms with E-state index in [1.807, 2.05) is 13.1 Å². The first-order valence-corrected chi connectivity index (χ1v) is 3.49. The molecule has 58 valence electrons. The van der Waals surface area contributed by atoms with Crippen molar-refractivity contribution in [2.24, 2.45) is 0 Å². The van der Waals surface area contributed by atoms with Gasteiger partial charge in [0.05, 0.1) is 0 Å². The van der Waals surface area contributed by atoms with Crippen LogP contribution in [0.25, 0.3) is 0 Å². The van der Waals surface area contributed by atoms with Gasteiger partial charge in [-0.15, -0.1) is 0 Å². The fourth-order valence-corrected chi connectivity index (χ4v) is 0.493. The minimum Gasteiger partial charge on any atom is -0.300 e. The van der Waals surface area contributed by atoms with Crippen LogP contribution in [0.15, 0.2) is 12.2 Å². The molecule has 2 heteroatoms. The largest absolute Gasteiger partial charge is 0.300 e. The van der Waals surface area contributed by atoms with Crippen molar-refractivity contribution in [2.45, 2.75) is 19.9 Å². The molecule has 0 saturated heterocycles. The van der Waals surface area contributed by atoms with Crippen LogP contribution in [0.5, 0.6) is 0 Å². The van der Waals surface area contributed by atoms with Crippen molar-refractivity contribution in [3.8, 4) is 0 Å². The normalized spacial score (nSPS) is 11.7. The summed E-state index contributed by atoms with van der Waals surface area (Å²) in [7, 11) is 2.03. The molecule has 0 unspecified atom stereocenters. The van der Waals surface area contributed by atoms with E-state index in [1.54, 1.807) is 0 Å². The molecule has 0 aromatic carbocycles. The van der Waals surface area contributed by atoms with Crippen molar-refractivity contribution in [3.63, 3.8) is 0 Å². The number of carbonyl (C=O) groups is 1. The van der Waals surface area contributed by atoms with Gasteiger partial charge in [-0.05, 0) is 27.0 Å². The molecule has 0 amide bonds. The first kappa shape index (κ1) is 9.37. The minimum atomic E-state index is 0.538. The molecule has 0 N–H and O–H groups in total. The number of allylic oxidation sites excluding steroid dienone is 1. The summed E-state index contributed by atoms with van der Waals surface area (Å²) in [6.07, 6.45) is 4.18. The molecule has 0 aromatic heterocycles. The van der Waals surface area contributed by atoms with Crippen LogP contribution in [0.4, 0.5) is 0 Å². The molecule has 0 atom stereocenters. The summed E-state index contributed by atoms with van der Waals surface area (Å²) in [6.45, 7) is 5.08. The summed E-state index contributed by atoms with van der Waals surface area (Å²) in [5, 5.41) is 0. The van der Waals surface area contributed by atoms with Crippen LogP contribution in [0.1, 0.15) is 13.8 Å². The van der Waals surface area contributed by atoms with Crippen LogP contribution >= 0.6 is 0 Å². The van der Waals surface area contributed by atoms with Gasteiger partial charge in [-0.2, -0.15) is 0 Å². The summed E-state index contributed by atoms with van der Waals surface area (Å²) >= 11 is 0. The lowest BCUT2D eigenvalue weighted by molar-refractivity contribution is -0.104. The zero-order chi connectivity index (χ0) is 7.98. The van der Waals surface area contributed by atoms with Crippen LogP contribution in [-0.2, 0) is 4.79 Å². The molecule has 0 heterocycles. The first-order valence-electron chi connectivity index (χ1n) is 3.49. The highest BCUT2D eigenvalue weighted by Crippen LogP contribution is 1.91. The highest BCUT2D eigenvalue weighted by Gasteiger charge is 1.97. The molecule has 10 heavy (non-hydrogen) atoms. The highest BCUT2D eigenvalue weighted by molar-refractivity contribution is 5.64. The molecule has 0 aromatic rings. The van der Waals surface area contributed by atoms with Gasteiger partial charge < -0.3 is 4.90 Å². The number of carbonyl (C=O) groups excluding carboxylic acids is 1. The Hall–Kier alpha value is -0.630. The van der Waals surface area contributed by atoms with Gasteiger partial charge >= 0.3 is 0 Å². The van der Waals surface area contributed by atoms with E-state index in [-0.39, 0.29) is 0 Å². The van der Waals surface area contributed by atoms with Gasteiger partial charge in [0.2, 0.25) is 0 Å². The monoisotopic (exact) mass is 141 g/mol. The third-order valence-corrected chi connectivity index (χ3v) is 1.49. The number of hydrogen-bond donors (Lipinski definition) is 0. The molecular formula is C8H15NO. The van der Waals surface area contributed by atoms with Crippen molar-refractivity contribution >= 4 is 6.29 Å². The number of hydrogen-bond acceptors (Lipinski definition) is 2. The zero-order valence-corrected chi connectivity index (χ0v) is 6.87. The molecule has 0 aliphatic rings.